The molecule has 0 aromatic heterocycles. The molecule has 0 spiro atoms. The molecule has 4 nitrogen and oxygen atoms in total. The van der Waals surface area contributed by atoms with Crippen LogP contribution in [0.25, 0.3) is 0 Å². The van der Waals surface area contributed by atoms with E-state index in [1.54, 1.807) is 6.34 Å². The molecule has 0 saturated heterocycles. The number of nitrogen functional groups attached to an aromatic ring is 1. The first-order chi connectivity index (χ1) is 6.63. The van der Waals surface area contributed by atoms with E-state index in [-0.39, 0.29) is 21.5 Å². The molecule has 5 heteroatoms. The predicted molar refractivity (Wildman–Crippen MR) is 54.3 cm³/mol. The third-order valence-corrected chi connectivity index (χ3v) is 3.23. The molecule has 1 rings (SSSR count). The first-order valence-corrected chi connectivity index (χ1v) is 6.72. The van der Waals surface area contributed by atoms with Gasteiger partial charge in [0.25, 0.3) is 0 Å². The Morgan fingerprint density at radius 2 is 2.21 bits per heavy atom. The average Bonchev–Trinajstić information content (AvgIpc) is 2.15. The van der Waals surface area contributed by atoms with Crippen molar-refractivity contribution in [3.63, 3.8) is 0 Å². The van der Waals surface area contributed by atoms with E-state index < -0.39 is 0 Å². The van der Waals surface area contributed by atoms with Crippen molar-refractivity contribution in [2.75, 3.05) is 19.8 Å². The van der Waals surface area contributed by atoms with Gasteiger partial charge in [-0.3, -0.25) is 0 Å². The van der Waals surface area contributed by atoms with Gasteiger partial charge in [-0.25, -0.2) is 0 Å². The summed E-state index contributed by atoms with van der Waals surface area (Å²) in [6, 6.07) is 5.77. The Balaban J connectivity index is 2.96. The molecule has 0 atom stereocenters. The van der Waals surface area contributed by atoms with Crippen LogP contribution in [0.3, 0.4) is 0 Å². The number of halogens is 1. The van der Waals surface area contributed by atoms with Gasteiger partial charge in [0.1, 0.15) is 0 Å². The molecule has 0 fully saturated rings. The van der Waals surface area contributed by atoms with Crippen LogP contribution < -0.4 is 31.2 Å². The maximum atomic E-state index is 5.69. The zero-order chi connectivity index (χ0) is 10.6. The van der Waals surface area contributed by atoms with Crippen LogP contribution in [0.15, 0.2) is 23.2 Å². The van der Waals surface area contributed by atoms with Gasteiger partial charge in [0.2, 0.25) is 0 Å². The molecule has 1 aromatic carbocycles. The Morgan fingerprint density at radius 1 is 1.50 bits per heavy atom. The molecule has 0 aliphatic heterocycles. The predicted octanol–water partition coefficient (Wildman–Crippen LogP) is -3.09. The fourth-order valence-electron chi connectivity index (χ4n) is 0.913. The number of nitrogens with zero attached hydrogens (tertiary/aromatic N) is 2. The van der Waals surface area contributed by atoms with Crippen LogP contribution in [0.5, 0.6) is 0 Å². The molecule has 0 aliphatic carbocycles. The van der Waals surface area contributed by atoms with E-state index >= 15 is 0 Å². The molecule has 14 heavy (non-hydrogen) atoms. The molecule has 0 radical (unpaired) electrons. The minimum atomic E-state index is -0.224. The summed E-state index contributed by atoms with van der Waals surface area (Å²) in [7, 11) is 3.89. The van der Waals surface area contributed by atoms with Crippen molar-refractivity contribution < 1.29 is 25.4 Å². The van der Waals surface area contributed by atoms with E-state index in [9.17, 15) is 0 Å². The van der Waals surface area contributed by atoms with E-state index in [1.165, 1.54) is 3.57 Å². The number of hydrogen-bond acceptors (Lipinski definition) is 2. The summed E-state index contributed by atoms with van der Waals surface area (Å²) in [6.07, 6.45) is 1.79. The molecular formula is C9H15IN4. The topological polar surface area (TPSA) is 69.3 Å². The Hall–Kier alpha value is -0.820. The van der Waals surface area contributed by atoms with E-state index in [0.717, 1.165) is 11.4 Å². The summed E-state index contributed by atoms with van der Waals surface area (Å²) in [6.45, 7) is 0. The zero-order valence-corrected chi connectivity index (χ0v) is 10.5. The second-order valence-electron chi connectivity index (χ2n) is 3.05. The van der Waals surface area contributed by atoms with Crippen molar-refractivity contribution in [3.8, 4) is 0 Å². The minimum absolute atomic E-state index is 0.224. The monoisotopic (exact) mass is 306 g/mol. The Bertz CT molecular complexity index is 336. The van der Waals surface area contributed by atoms with Crippen LogP contribution in [0.2, 0.25) is 0 Å². The van der Waals surface area contributed by atoms with E-state index in [1.807, 2.05) is 37.2 Å². The molecule has 0 amide bonds. The normalized spacial score (nSPS) is 11.1. The third kappa shape index (κ3) is 3.15. The number of quaternary nitrogens is 1. The molecule has 78 valence electrons. The number of benzene rings is 1. The Morgan fingerprint density at radius 3 is 2.79 bits per heavy atom. The quantitative estimate of drug-likeness (QED) is 0.204. The van der Waals surface area contributed by atoms with Crippen molar-refractivity contribution >= 4 is 17.7 Å². The van der Waals surface area contributed by atoms with Gasteiger partial charge < -0.3 is 0 Å². The van der Waals surface area contributed by atoms with Gasteiger partial charge in [-0.2, -0.15) is 0 Å². The van der Waals surface area contributed by atoms with Crippen LogP contribution in [-0.2, 0) is 0 Å². The molecular weight excluding hydrogens is 291 g/mol. The fraction of sp³-hybridized carbons (Fsp3) is 0.222. The van der Waals surface area contributed by atoms with Crippen molar-refractivity contribution in [3.05, 3.63) is 21.8 Å². The van der Waals surface area contributed by atoms with Gasteiger partial charge in [0.05, 0.1) is 0 Å². The molecule has 0 bridgehead atoms. The standard InChI is InChI=1S/C9H15IN4/c1-14(2)6-13-9-4-3-7(11)5-8(9)10-12/h3-6H,11H2,1-2,12H3. The van der Waals surface area contributed by atoms with Crippen molar-refractivity contribution in [1.82, 2.24) is 4.90 Å². The summed E-state index contributed by atoms with van der Waals surface area (Å²) in [5, 5.41) is 0. The number of nitrogens with two attached hydrogens (primary N) is 1. The van der Waals surface area contributed by atoms with Crippen molar-refractivity contribution in [2.45, 2.75) is 0 Å². The SMILES string of the molecule is CN(C)C=Nc1ccc(N)cc1[I-][NH3+]. The van der Waals surface area contributed by atoms with Crippen molar-refractivity contribution in [1.29, 1.82) is 0 Å². The summed E-state index contributed by atoms with van der Waals surface area (Å²) < 4.78 is 5.13. The van der Waals surface area contributed by atoms with Crippen LogP contribution in [-0.4, -0.2) is 25.3 Å². The Labute approximate surface area is 94.6 Å². The number of hydrogen-bond donors (Lipinski definition) is 2. The first-order valence-electron chi connectivity index (χ1n) is 4.12. The van der Waals surface area contributed by atoms with Gasteiger partial charge >= 0.3 is 94.6 Å². The molecule has 1 aromatic rings. The van der Waals surface area contributed by atoms with Crippen LogP contribution in [0.4, 0.5) is 11.4 Å². The van der Waals surface area contributed by atoms with Gasteiger partial charge in [0.15, 0.2) is 0 Å². The summed E-state index contributed by atoms with van der Waals surface area (Å²) >= 11 is -0.224. The van der Waals surface area contributed by atoms with Gasteiger partial charge in [-0.05, 0) is 0 Å². The van der Waals surface area contributed by atoms with Crippen LogP contribution in [0.1, 0.15) is 0 Å². The van der Waals surface area contributed by atoms with Gasteiger partial charge in [-0.1, -0.05) is 0 Å². The van der Waals surface area contributed by atoms with Gasteiger partial charge in [0, 0.05) is 0 Å². The molecule has 0 heterocycles. The molecule has 0 aliphatic rings. The number of rotatable bonds is 3. The molecule has 0 saturated carbocycles. The fourth-order valence-corrected chi connectivity index (χ4v) is 2.20. The molecule has 5 N–H and O–H groups in total. The van der Waals surface area contributed by atoms with Gasteiger partial charge in [-0.15, -0.1) is 0 Å². The first kappa shape index (κ1) is 11.3. The van der Waals surface area contributed by atoms with Crippen LogP contribution in [0, 0.1) is 3.57 Å². The summed E-state index contributed by atoms with van der Waals surface area (Å²) in [4.78, 5) is 6.25. The molecule has 0 unspecified atom stereocenters. The second-order valence-corrected chi connectivity index (χ2v) is 4.98. The summed E-state index contributed by atoms with van der Waals surface area (Å²) in [5.41, 5.74) is 7.45. The number of anilines is 1. The van der Waals surface area contributed by atoms with E-state index in [4.69, 9.17) is 5.73 Å². The van der Waals surface area contributed by atoms with Crippen LogP contribution >= 0.6 is 0 Å². The second kappa shape index (κ2) is 5.16. The van der Waals surface area contributed by atoms with E-state index in [0.29, 0.717) is 0 Å². The third-order valence-electron chi connectivity index (χ3n) is 1.54. The summed E-state index contributed by atoms with van der Waals surface area (Å²) in [5.74, 6) is 0. The van der Waals surface area contributed by atoms with E-state index in [2.05, 4.69) is 8.94 Å². The zero-order valence-electron chi connectivity index (χ0n) is 8.37. The average molecular weight is 306 g/mol. The van der Waals surface area contributed by atoms with Crippen molar-refractivity contribution in [2.24, 2.45) is 4.99 Å². The number of aliphatic imine (C=N–C) groups is 1. The maximum absolute atomic E-state index is 5.69. The Kier molecular flexibility index (Phi) is 4.15.